The molecule has 0 radical (unpaired) electrons. The molecule has 1 aliphatic heterocycles. The second kappa shape index (κ2) is 8.77. The number of hydrogen-bond donors (Lipinski definition) is 1. The molecule has 4 nitrogen and oxygen atoms in total. The minimum absolute atomic E-state index is 0. The van der Waals surface area contributed by atoms with Crippen molar-refractivity contribution in [3.8, 4) is 0 Å². The number of fused-ring (bicyclic) bond motifs is 2. The molecule has 4 unspecified atom stereocenters. The summed E-state index contributed by atoms with van der Waals surface area (Å²) in [4.78, 5) is 17.7. The topological polar surface area (TPSA) is 49.6 Å². The van der Waals surface area contributed by atoms with E-state index in [0.29, 0.717) is 17.7 Å². The van der Waals surface area contributed by atoms with Gasteiger partial charge < -0.3 is 10.6 Å². The molecule has 4 fully saturated rings. The SMILES string of the molecule is CC1CCC(N2CCN(C(=O)C3C4CCC(C4)C3N)CC2)CC1.Cl.Cl. The van der Waals surface area contributed by atoms with Gasteiger partial charge in [0.25, 0.3) is 0 Å². The van der Waals surface area contributed by atoms with E-state index >= 15 is 0 Å². The van der Waals surface area contributed by atoms with Gasteiger partial charge in [0.15, 0.2) is 0 Å². The zero-order valence-corrected chi connectivity index (χ0v) is 17.1. The van der Waals surface area contributed by atoms with Crippen molar-refractivity contribution in [1.29, 1.82) is 0 Å². The average molecular weight is 392 g/mol. The molecule has 25 heavy (non-hydrogen) atoms. The van der Waals surface area contributed by atoms with Crippen molar-refractivity contribution in [1.82, 2.24) is 9.80 Å². The highest BCUT2D eigenvalue weighted by Gasteiger charge is 2.50. The van der Waals surface area contributed by atoms with Crippen LogP contribution in [0.25, 0.3) is 0 Å². The number of carbonyl (C=O) groups is 1. The molecule has 3 aliphatic carbocycles. The average Bonchev–Trinajstić information content (AvgIpc) is 3.16. The van der Waals surface area contributed by atoms with Crippen LogP contribution in [-0.4, -0.2) is 54.0 Å². The van der Waals surface area contributed by atoms with E-state index in [1.165, 1.54) is 44.9 Å². The number of halogens is 2. The van der Waals surface area contributed by atoms with Crippen molar-refractivity contribution in [2.45, 2.75) is 64.0 Å². The lowest BCUT2D eigenvalue weighted by atomic mass is 9.83. The Morgan fingerprint density at radius 2 is 1.48 bits per heavy atom. The Balaban J connectivity index is 0.00000113. The van der Waals surface area contributed by atoms with Crippen molar-refractivity contribution >= 4 is 30.7 Å². The molecule has 2 N–H and O–H groups in total. The Morgan fingerprint density at radius 3 is 2.04 bits per heavy atom. The van der Waals surface area contributed by atoms with Crippen LogP contribution in [0.3, 0.4) is 0 Å². The lowest BCUT2D eigenvalue weighted by Gasteiger charge is -2.43. The minimum atomic E-state index is 0. The first kappa shape index (κ1) is 21.3. The van der Waals surface area contributed by atoms with Gasteiger partial charge in [-0.25, -0.2) is 0 Å². The van der Waals surface area contributed by atoms with Crippen LogP contribution in [0.5, 0.6) is 0 Å². The highest BCUT2D eigenvalue weighted by molar-refractivity contribution is 5.85. The van der Waals surface area contributed by atoms with Crippen molar-refractivity contribution in [2.24, 2.45) is 29.4 Å². The zero-order valence-electron chi connectivity index (χ0n) is 15.4. The van der Waals surface area contributed by atoms with E-state index in [1.54, 1.807) is 0 Å². The summed E-state index contributed by atoms with van der Waals surface area (Å²) in [5, 5.41) is 0. The van der Waals surface area contributed by atoms with E-state index in [9.17, 15) is 4.79 Å². The van der Waals surface area contributed by atoms with E-state index in [1.807, 2.05) is 0 Å². The molecule has 0 aromatic rings. The summed E-state index contributed by atoms with van der Waals surface area (Å²) in [6.45, 7) is 6.37. The summed E-state index contributed by atoms with van der Waals surface area (Å²) in [5.41, 5.74) is 6.37. The van der Waals surface area contributed by atoms with Crippen LogP contribution in [0.15, 0.2) is 0 Å². The maximum absolute atomic E-state index is 13.0. The van der Waals surface area contributed by atoms with Crippen molar-refractivity contribution in [2.75, 3.05) is 26.2 Å². The number of rotatable bonds is 2. The standard InChI is InChI=1S/C19H33N3O.2ClH/c1-13-2-6-16(7-3-13)21-8-10-22(11-9-21)19(23)17-14-4-5-15(12-14)18(17)20;;/h13-18H,2-12,20H2,1H3;2*1H. The van der Waals surface area contributed by atoms with Crippen LogP contribution < -0.4 is 5.73 Å². The third kappa shape index (κ3) is 4.12. The van der Waals surface area contributed by atoms with Crippen LogP contribution in [0.1, 0.15) is 51.9 Å². The third-order valence-electron chi connectivity index (χ3n) is 7.39. The van der Waals surface area contributed by atoms with Crippen LogP contribution >= 0.6 is 24.8 Å². The fourth-order valence-electron chi connectivity index (χ4n) is 5.83. The third-order valence-corrected chi connectivity index (χ3v) is 7.39. The molecule has 0 spiro atoms. The number of piperazine rings is 1. The molecule has 0 aromatic carbocycles. The minimum Gasteiger partial charge on any atom is -0.340 e. The number of carbonyl (C=O) groups excluding carboxylic acids is 1. The summed E-state index contributed by atoms with van der Waals surface area (Å²) in [6.07, 6.45) is 9.16. The summed E-state index contributed by atoms with van der Waals surface area (Å²) >= 11 is 0. The van der Waals surface area contributed by atoms with Gasteiger partial charge in [0.05, 0.1) is 5.92 Å². The van der Waals surface area contributed by atoms with Crippen LogP contribution in [0, 0.1) is 23.7 Å². The number of hydrogen-bond acceptors (Lipinski definition) is 3. The first-order valence-corrected chi connectivity index (χ1v) is 9.92. The highest BCUT2D eigenvalue weighted by Crippen LogP contribution is 2.48. The van der Waals surface area contributed by atoms with Gasteiger partial charge in [0, 0.05) is 38.3 Å². The fraction of sp³-hybridized carbons (Fsp3) is 0.947. The van der Waals surface area contributed by atoms with Gasteiger partial charge in [-0.1, -0.05) is 6.92 Å². The molecule has 146 valence electrons. The Morgan fingerprint density at radius 1 is 0.880 bits per heavy atom. The van der Waals surface area contributed by atoms with E-state index in [-0.39, 0.29) is 36.8 Å². The van der Waals surface area contributed by atoms with Gasteiger partial charge in [-0.05, 0) is 62.7 Å². The first-order chi connectivity index (χ1) is 11.1. The molecule has 1 amide bonds. The molecule has 0 aromatic heterocycles. The maximum Gasteiger partial charge on any atom is 0.227 e. The first-order valence-electron chi connectivity index (χ1n) is 9.92. The van der Waals surface area contributed by atoms with Gasteiger partial charge in [-0.15, -0.1) is 24.8 Å². The lowest BCUT2D eigenvalue weighted by Crippen LogP contribution is -2.55. The second-order valence-electron chi connectivity index (χ2n) is 8.71. The van der Waals surface area contributed by atoms with Crippen LogP contribution in [-0.2, 0) is 4.79 Å². The smallest absolute Gasteiger partial charge is 0.227 e. The van der Waals surface area contributed by atoms with Gasteiger partial charge in [-0.3, -0.25) is 9.69 Å². The Kier molecular flexibility index (Phi) is 7.46. The van der Waals surface area contributed by atoms with E-state index in [4.69, 9.17) is 5.73 Å². The number of nitrogens with zero attached hydrogens (tertiary/aromatic N) is 2. The molecule has 1 heterocycles. The van der Waals surface area contributed by atoms with Gasteiger partial charge in [0.2, 0.25) is 5.91 Å². The second-order valence-corrected chi connectivity index (χ2v) is 8.71. The highest BCUT2D eigenvalue weighted by atomic mass is 35.5. The number of amides is 1. The number of nitrogens with two attached hydrogens (primary N) is 1. The quantitative estimate of drug-likeness (QED) is 0.786. The molecule has 6 heteroatoms. The summed E-state index contributed by atoms with van der Waals surface area (Å²) in [5.74, 6) is 2.63. The van der Waals surface area contributed by atoms with Crippen LogP contribution in [0.2, 0.25) is 0 Å². The monoisotopic (exact) mass is 391 g/mol. The Bertz CT molecular complexity index is 446. The molecule has 4 aliphatic rings. The lowest BCUT2D eigenvalue weighted by molar-refractivity contribution is -0.140. The summed E-state index contributed by atoms with van der Waals surface area (Å²) in [7, 11) is 0. The normalized spacial score (nSPS) is 41.1. The van der Waals surface area contributed by atoms with E-state index in [0.717, 1.165) is 38.1 Å². The van der Waals surface area contributed by atoms with Crippen molar-refractivity contribution in [3.63, 3.8) is 0 Å². The maximum atomic E-state index is 13.0. The van der Waals surface area contributed by atoms with Crippen molar-refractivity contribution < 1.29 is 4.79 Å². The van der Waals surface area contributed by atoms with E-state index in [2.05, 4.69) is 16.7 Å². The Hall–Kier alpha value is -0.0300. The predicted octanol–water partition coefficient (Wildman–Crippen LogP) is 2.93. The molecular formula is C19H35Cl2N3O. The summed E-state index contributed by atoms with van der Waals surface area (Å²) in [6, 6.07) is 0.910. The van der Waals surface area contributed by atoms with Gasteiger partial charge >= 0.3 is 0 Å². The molecular weight excluding hydrogens is 357 g/mol. The summed E-state index contributed by atoms with van der Waals surface area (Å²) < 4.78 is 0. The molecule has 1 saturated heterocycles. The van der Waals surface area contributed by atoms with Crippen molar-refractivity contribution in [3.05, 3.63) is 0 Å². The Labute approximate surface area is 165 Å². The van der Waals surface area contributed by atoms with Gasteiger partial charge in [0.1, 0.15) is 0 Å². The molecule has 4 atom stereocenters. The predicted molar refractivity (Wildman–Crippen MR) is 106 cm³/mol. The zero-order chi connectivity index (χ0) is 16.0. The van der Waals surface area contributed by atoms with Crippen LogP contribution in [0.4, 0.5) is 0 Å². The molecule has 3 saturated carbocycles. The molecule has 4 rings (SSSR count). The van der Waals surface area contributed by atoms with E-state index < -0.39 is 0 Å². The fourth-order valence-corrected chi connectivity index (χ4v) is 5.83. The van der Waals surface area contributed by atoms with Gasteiger partial charge in [-0.2, -0.15) is 0 Å². The molecule has 2 bridgehead atoms. The largest absolute Gasteiger partial charge is 0.340 e.